The van der Waals surface area contributed by atoms with Crippen molar-refractivity contribution in [1.82, 2.24) is 0 Å². The first-order valence-electron chi connectivity index (χ1n) is 10.1. The third-order valence-electron chi connectivity index (χ3n) is 4.86. The monoisotopic (exact) mass is 416 g/mol. The van der Waals surface area contributed by atoms with Crippen molar-refractivity contribution >= 4 is 11.9 Å². The summed E-state index contributed by atoms with van der Waals surface area (Å²) in [4.78, 5) is 26.4. The molecule has 0 aliphatic rings. The molecule has 160 valence electrons. The number of terminal acetylenes is 1. The summed E-state index contributed by atoms with van der Waals surface area (Å²) in [6.07, 6.45) is 8.53. The number of carbonyl (C=O) groups excluding carboxylic acids is 2. The molecule has 0 amide bonds. The number of hydrogen-bond acceptors (Lipinski definition) is 4. The Hall–Kier alpha value is -3.58. The summed E-state index contributed by atoms with van der Waals surface area (Å²) in [5.41, 5.74) is 0.696. The molecule has 0 saturated heterocycles. The van der Waals surface area contributed by atoms with Crippen LogP contribution in [0, 0.1) is 17.8 Å². The molecule has 0 aliphatic carbocycles. The second-order valence-electron chi connectivity index (χ2n) is 7.34. The van der Waals surface area contributed by atoms with Crippen molar-refractivity contribution in [2.45, 2.75) is 38.9 Å². The smallest absolute Gasteiger partial charge is 0.325 e. The molecule has 0 atom stereocenters. The van der Waals surface area contributed by atoms with E-state index in [0.29, 0.717) is 18.4 Å². The Bertz CT molecular complexity index is 867. The molecule has 0 heterocycles. The summed E-state index contributed by atoms with van der Waals surface area (Å²) in [7, 11) is 0. The van der Waals surface area contributed by atoms with E-state index >= 15 is 0 Å². The molecule has 0 bridgehead atoms. The Labute approximate surface area is 184 Å². The number of benzene rings is 2. The van der Waals surface area contributed by atoms with Gasteiger partial charge in [-0.1, -0.05) is 78.9 Å². The molecule has 0 saturated carbocycles. The second kappa shape index (κ2) is 12.2. The third-order valence-corrected chi connectivity index (χ3v) is 4.86. The van der Waals surface area contributed by atoms with E-state index in [1.807, 2.05) is 60.7 Å². The largest absolute Gasteiger partial charge is 0.460 e. The predicted molar refractivity (Wildman–Crippen MR) is 122 cm³/mol. The fourth-order valence-electron chi connectivity index (χ4n) is 3.15. The molecule has 2 rings (SSSR count). The van der Waals surface area contributed by atoms with Crippen LogP contribution in [0.25, 0.3) is 0 Å². The minimum atomic E-state index is -1.64. The normalized spacial score (nSPS) is 10.5. The van der Waals surface area contributed by atoms with Crippen molar-refractivity contribution in [1.29, 1.82) is 0 Å². The highest BCUT2D eigenvalue weighted by Crippen LogP contribution is 2.35. The number of hydrogen-bond donors (Lipinski definition) is 0. The second-order valence-corrected chi connectivity index (χ2v) is 7.34. The number of rotatable bonds is 12. The fraction of sp³-hybridized carbons (Fsp3) is 0.259. The standard InChI is InChI=1S/C27H28O4/c1-4-6-13-22(3)19-27(18-5-2,25(28)30-20-23-14-9-7-10-15-23)26(29)31-21-24-16-11-8-12-17-24/h2,4,7-12,14-17H,1,3,6,13,18-21H2. The Kier molecular flexibility index (Phi) is 9.32. The van der Waals surface area contributed by atoms with Gasteiger partial charge in [0.1, 0.15) is 13.2 Å². The van der Waals surface area contributed by atoms with E-state index in [-0.39, 0.29) is 26.1 Å². The summed E-state index contributed by atoms with van der Waals surface area (Å²) in [5.74, 6) is 1.06. The highest BCUT2D eigenvalue weighted by atomic mass is 16.6. The van der Waals surface area contributed by atoms with Gasteiger partial charge in [-0.3, -0.25) is 9.59 Å². The number of esters is 2. The lowest BCUT2D eigenvalue weighted by Gasteiger charge is -2.28. The molecule has 31 heavy (non-hydrogen) atoms. The van der Waals surface area contributed by atoms with Crippen LogP contribution in [0.3, 0.4) is 0 Å². The first-order valence-corrected chi connectivity index (χ1v) is 10.1. The van der Waals surface area contributed by atoms with E-state index in [2.05, 4.69) is 19.1 Å². The fourth-order valence-corrected chi connectivity index (χ4v) is 3.15. The van der Waals surface area contributed by atoms with E-state index in [9.17, 15) is 9.59 Å². The molecule has 0 N–H and O–H groups in total. The minimum absolute atomic E-state index is 0.0388. The SMILES string of the molecule is C#CCC(CC(=C)CCC=C)(C(=O)OCc1ccccc1)C(=O)OCc1ccccc1. The Morgan fingerprint density at radius 2 is 1.42 bits per heavy atom. The maximum absolute atomic E-state index is 13.2. The lowest BCUT2D eigenvalue weighted by molar-refractivity contribution is -0.174. The topological polar surface area (TPSA) is 52.6 Å². The molecule has 0 unspecified atom stereocenters. The Morgan fingerprint density at radius 1 is 0.935 bits per heavy atom. The molecule has 2 aromatic carbocycles. The van der Waals surface area contributed by atoms with Crippen LogP contribution in [-0.4, -0.2) is 11.9 Å². The van der Waals surface area contributed by atoms with Crippen LogP contribution in [0.4, 0.5) is 0 Å². The van der Waals surface area contributed by atoms with E-state index in [4.69, 9.17) is 15.9 Å². The molecule has 0 radical (unpaired) electrons. The number of carbonyl (C=O) groups is 2. The molecule has 2 aromatic rings. The van der Waals surface area contributed by atoms with Gasteiger partial charge in [-0.15, -0.1) is 18.9 Å². The molecule has 0 spiro atoms. The van der Waals surface area contributed by atoms with Crippen LogP contribution in [-0.2, 0) is 32.3 Å². The van der Waals surface area contributed by atoms with Crippen molar-refractivity contribution in [3.63, 3.8) is 0 Å². The van der Waals surface area contributed by atoms with Gasteiger partial charge in [-0.25, -0.2) is 0 Å². The first kappa shape index (κ1) is 23.7. The quantitative estimate of drug-likeness (QED) is 0.201. The molecular formula is C27H28O4. The van der Waals surface area contributed by atoms with Gasteiger partial charge < -0.3 is 9.47 Å². The maximum Gasteiger partial charge on any atom is 0.325 e. The molecular weight excluding hydrogens is 388 g/mol. The summed E-state index contributed by atoms with van der Waals surface area (Å²) in [6.45, 7) is 7.81. The van der Waals surface area contributed by atoms with Crippen LogP contribution in [0.15, 0.2) is 85.5 Å². The zero-order chi connectivity index (χ0) is 22.5. The van der Waals surface area contributed by atoms with Gasteiger partial charge in [-0.05, 0) is 30.4 Å². The first-order chi connectivity index (χ1) is 15.0. The van der Waals surface area contributed by atoms with Crippen molar-refractivity contribution in [3.8, 4) is 12.3 Å². The molecule has 0 aromatic heterocycles. The van der Waals surface area contributed by atoms with Gasteiger partial charge in [-0.2, -0.15) is 0 Å². The summed E-state index contributed by atoms with van der Waals surface area (Å²) < 4.78 is 11.1. The minimum Gasteiger partial charge on any atom is -0.460 e. The van der Waals surface area contributed by atoms with Gasteiger partial charge >= 0.3 is 11.9 Å². The molecule has 4 nitrogen and oxygen atoms in total. The Morgan fingerprint density at radius 3 is 1.84 bits per heavy atom. The van der Waals surface area contributed by atoms with Crippen molar-refractivity contribution in [2.75, 3.05) is 0 Å². The van der Waals surface area contributed by atoms with Gasteiger partial charge in [0.05, 0.1) is 0 Å². The third kappa shape index (κ3) is 7.01. The molecule has 0 fully saturated rings. The Balaban J connectivity index is 2.24. The van der Waals surface area contributed by atoms with Crippen LogP contribution in [0.5, 0.6) is 0 Å². The predicted octanol–water partition coefficient (Wildman–Crippen LogP) is 5.40. The van der Waals surface area contributed by atoms with Gasteiger partial charge in [0.2, 0.25) is 0 Å². The summed E-state index contributed by atoms with van der Waals surface area (Å²) in [6, 6.07) is 18.5. The molecule has 0 aliphatic heterocycles. The van der Waals surface area contributed by atoms with Gasteiger partial charge in [0.25, 0.3) is 0 Å². The zero-order valence-corrected chi connectivity index (χ0v) is 17.7. The average Bonchev–Trinajstić information content (AvgIpc) is 2.80. The molecule has 4 heteroatoms. The zero-order valence-electron chi connectivity index (χ0n) is 17.7. The van der Waals surface area contributed by atoms with E-state index in [1.165, 1.54) is 0 Å². The van der Waals surface area contributed by atoms with E-state index in [0.717, 1.165) is 11.1 Å². The van der Waals surface area contributed by atoms with E-state index in [1.54, 1.807) is 6.08 Å². The van der Waals surface area contributed by atoms with Gasteiger partial charge in [0.15, 0.2) is 5.41 Å². The lowest BCUT2D eigenvalue weighted by atomic mass is 9.78. The van der Waals surface area contributed by atoms with Crippen LogP contribution < -0.4 is 0 Å². The van der Waals surface area contributed by atoms with Crippen LogP contribution >= 0.6 is 0 Å². The number of allylic oxidation sites excluding steroid dienone is 2. The maximum atomic E-state index is 13.2. The van der Waals surface area contributed by atoms with Crippen molar-refractivity contribution < 1.29 is 19.1 Å². The summed E-state index contributed by atoms with van der Waals surface area (Å²) >= 11 is 0. The van der Waals surface area contributed by atoms with E-state index < -0.39 is 17.4 Å². The number of ether oxygens (including phenoxy) is 2. The van der Waals surface area contributed by atoms with Crippen molar-refractivity contribution in [3.05, 3.63) is 96.6 Å². The lowest BCUT2D eigenvalue weighted by Crippen LogP contribution is -2.42. The average molecular weight is 417 g/mol. The highest BCUT2D eigenvalue weighted by Gasteiger charge is 2.48. The highest BCUT2D eigenvalue weighted by molar-refractivity contribution is 6.00. The van der Waals surface area contributed by atoms with Crippen molar-refractivity contribution in [2.24, 2.45) is 5.41 Å². The van der Waals surface area contributed by atoms with Crippen LogP contribution in [0.1, 0.15) is 36.8 Å². The summed E-state index contributed by atoms with van der Waals surface area (Å²) in [5, 5.41) is 0. The van der Waals surface area contributed by atoms with Gasteiger partial charge in [0, 0.05) is 6.42 Å². The van der Waals surface area contributed by atoms with Crippen LogP contribution in [0.2, 0.25) is 0 Å².